The molecule has 164 valence electrons. The van der Waals surface area contributed by atoms with E-state index in [2.05, 4.69) is 73.8 Å². The second-order valence-electron chi connectivity index (χ2n) is 7.20. The van der Waals surface area contributed by atoms with Gasteiger partial charge in [-0.2, -0.15) is 0 Å². The molecule has 0 saturated heterocycles. The van der Waals surface area contributed by atoms with Crippen LogP contribution in [0.3, 0.4) is 0 Å². The van der Waals surface area contributed by atoms with Gasteiger partial charge in [-0.3, -0.25) is 4.57 Å². The third-order valence-electron chi connectivity index (χ3n) is 4.82. The second-order valence-corrected chi connectivity index (χ2v) is 9.92. The first kappa shape index (κ1) is 22.8. The minimum atomic E-state index is -0.245. The number of ether oxygens (including phenoxy) is 1. The van der Waals surface area contributed by atoms with Gasteiger partial charge in [-0.15, -0.1) is 28.1 Å². The van der Waals surface area contributed by atoms with Crippen molar-refractivity contribution in [3.05, 3.63) is 88.1 Å². The number of rotatable bonds is 9. The molecule has 0 radical (unpaired) electrons. The van der Waals surface area contributed by atoms with E-state index in [0.29, 0.717) is 6.54 Å². The number of thiazole rings is 1. The fourth-order valence-corrected chi connectivity index (χ4v) is 5.35. The number of allylic oxidation sites excluding steroid dienone is 1. The number of thioether (sulfide) groups is 1. The zero-order chi connectivity index (χ0) is 22.5. The maximum atomic E-state index is 6.08. The van der Waals surface area contributed by atoms with Crippen molar-refractivity contribution < 1.29 is 4.74 Å². The molecule has 5 nitrogen and oxygen atoms in total. The van der Waals surface area contributed by atoms with Crippen molar-refractivity contribution in [2.45, 2.75) is 37.4 Å². The van der Waals surface area contributed by atoms with Crippen LogP contribution in [0.1, 0.15) is 30.1 Å². The van der Waals surface area contributed by atoms with Crippen LogP contribution in [0.15, 0.2) is 76.2 Å². The van der Waals surface area contributed by atoms with Crippen molar-refractivity contribution in [1.82, 2.24) is 19.7 Å². The molecule has 2 aromatic carbocycles. The predicted octanol–water partition coefficient (Wildman–Crippen LogP) is 7.09. The summed E-state index contributed by atoms with van der Waals surface area (Å²) in [4.78, 5) is 4.83. The Morgan fingerprint density at radius 2 is 1.97 bits per heavy atom. The lowest BCUT2D eigenvalue weighted by Gasteiger charge is -2.15. The van der Waals surface area contributed by atoms with Crippen molar-refractivity contribution in [2.24, 2.45) is 0 Å². The molecule has 0 spiro atoms. The van der Waals surface area contributed by atoms with Crippen molar-refractivity contribution in [2.75, 3.05) is 0 Å². The van der Waals surface area contributed by atoms with Gasteiger partial charge in [-0.25, -0.2) is 4.98 Å². The van der Waals surface area contributed by atoms with Crippen LogP contribution in [-0.4, -0.2) is 19.7 Å². The third kappa shape index (κ3) is 5.31. The van der Waals surface area contributed by atoms with E-state index in [1.807, 2.05) is 37.3 Å². The van der Waals surface area contributed by atoms with Crippen LogP contribution >= 0.6 is 39.0 Å². The van der Waals surface area contributed by atoms with Gasteiger partial charge in [0, 0.05) is 27.7 Å². The minimum Gasteiger partial charge on any atom is -0.483 e. The normalized spacial score (nSPS) is 12.0. The smallest absolute Gasteiger partial charge is 0.192 e. The van der Waals surface area contributed by atoms with E-state index in [1.54, 1.807) is 23.1 Å². The summed E-state index contributed by atoms with van der Waals surface area (Å²) in [5, 5.41) is 12.8. The van der Waals surface area contributed by atoms with Crippen molar-refractivity contribution in [3.63, 3.8) is 0 Å². The monoisotopic (exact) mass is 526 g/mol. The molecule has 2 aromatic heterocycles. The van der Waals surface area contributed by atoms with Crippen LogP contribution in [0.4, 0.5) is 0 Å². The highest BCUT2D eigenvalue weighted by Gasteiger charge is 2.19. The summed E-state index contributed by atoms with van der Waals surface area (Å²) in [7, 11) is 0. The summed E-state index contributed by atoms with van der Waals surface area (Å²) in [5.41, 5.74) is 3.45. The van der Waals surface area contributed by atoms with Crippen LogP contribution in [-0.2, 0) is 12.3 Å². The first-order valence-corrected chi connectivity index (χ1v) is 12.8. The molecule has 0 aliphatic carbocycles. The maximum absolute atomic E-state index is 6.08. The van der Waals surface area contributed by atoms with Gasteiger partial charge >= 0.3 is 0 Å². The zero-order valence-corrected chi connectivity index (χ0v) is 21.1. The summed E-state index contributed by atoms with van der Waals surface area (Å²) in [6, 6.07) is 16.1. The van der Waals surface area contributed by atoms with Gasteiger partial charge in [-0.05, 0) is 43.7 Å². The van der Waals surface area contributed by atoms with Gasteiger partial charge < -0.3 is 4.74 Å². The number of halogens is 1. The van der Waals surface area contributed by atoms with Gasteiger partial charge in [0.2, 0.25) is 0 Å². The summed E-state index contributed by atoms with van der Waals surface area (Å²) in [6.07, 6.45) is 1.60. The van der Waals surface area contributed by atoms with Crippen LogP contribution in [0.5, 0.6) is 5.75 Å². The van der Waals surface area contributed by atoms with Gasteiger partial charge in [0.15, 0.2) is 17.1 Å². The fourth-order valence-electron chi connectivity index (χ4n) is 3.23. The topological polar surface area (TPSA) is 52.8 Å². The molecule has 4 aromatic rings. The van der Waals surface area contributed by atoms with Crippen molar-refractivity contribution >= 4 is 39.0 Å². The lowest BCUT2D eigenvalue weighted by molar-refractivity contribution is 0.210. The summed E-state index contributed by atoms with van der Waals surface area (Å²) in [5.74, 6) is 2.28. The van der Waals surface area contributed by atoms with E-state index >= 15 is 0 Å². The Labute approximate surface area is 204 Å². The van der Waals surface area contributed by atoms with Crippen LogP contribution in [0.2, 0.25) is 0 Å². The number of hydrogen-bond donors (Lipinski definition) is 0. The Bertz CT molecular complexity index is 1200. The van der Waals surface area contributed by atoms with Crippen molar-refractivity contribution in [1.29, 1.82) is 0 Å². The Kier molecular flexibility index (Phi) is 7.44. The van der Waals surface area contributed by atoms with E-state index in [-0.39, 0.29) is 6.10 Å². The SMILES string of the molecule is C=CCn1c(SCc2csc(-c3ccccc3C)n2)nnc1C(C)Oc1ccc(Br)cc1. The lowest BCUT2D eigenvalue weighted by Crippen LogP contribution is -2.12. The van der Waals surface area contributed by atoms with Gasteiger partial charge in [0.1, 0.15) is 10.8 Å². The van der Waals surface area contributed by atoms with E-state index in [9.17, 15) is 0 Å². The fraction of sp³-hybridized carbons (Fsp3) is 0.208. The molecule has 4 rings (SSSR count). The average molecular weight is 528 g/mol. The third-order valence-corrected chi connectivity index (χ3v) is 7.28. The molecule has 0 saturated carbocycles. The molecule has 0 amide bonds. The molecule has 32 heavy (non-hydrogen) atoms. The van der Waals surface area contributed by atoms with E-state index in [0.717, 1.165) is 37.7 Å². The maximum Gasteiger partial charge on any atom is 0.192 e. The van der Waals surface area contributed by atoms with E-state index < -0.39 is 0 Å². The number of nitrogens with zero attached hydrogens (tertiary/aromatic N) is 4. The van der Waals surface area contributed by atoms with Gasteiger partial charge in [0.05, 0.1) is 5.69 Å². The lowest BCUT2D eigenvalue weighted by atomic mass is 10.1. The van der Waals surface area contributed by atoms with E-state index in [4.69, 9.17) is 9.72 Å². The highest BCUT2D eigenvalue weighted by molar-refractivity contribution is 9.10. The molecular weight excluding hydrogens is 504 g/mol. The molecule has 8 heteroatoms. The molecule has 1 unspecified atom stereocenters. The highest BCUT2D eigenvalue weighted by atomic mass is 79.9. The second kappa shape index (κ2) is 10.5. The Morgan fingerprint density at radius 3 is 2.72 bits per heavy atom. The van der Waals surface area contributed by atoms with Gasteiger partial charge in [-0.1, -0.05) is 58.0 Å². The Balaban J connectivity index is 1.47. The molecule has 1 atom stereocenters. The minimum absolute atomic E-state index is 0.245. The van der Waals surface area contributed by atoms with Crippen LogP contribution < -0.4 is 4.74 Å². The predicted molar refractivity (Wildman–Crippen MR) is 135 cm³/mol. The molecular formula is C24H23BrN4OS2. The summed E-state index contributed by atoms with van der Waals surface area (Å²) in [6.45, 7) is 8.60. The quantitative estimate of drug-likeness (QED) is 0.172. The number of aryl methyl sites for hydroxylation is 1. The first-order chi connectivity index (χ1) is 15.5. The standard InChI is InChI=1S/C24H23BrN4OS2/c1-4-13-29-22(17(3)30-20-11-9-18(25)10-12-20)27-28-24(29)32-15-19-14-31-23(26-19)21-8-6-5-7-16(21)2/h4-12,14,17H,1,13,15H2,2-3H3. The molecule has 0 N–H and O–H groups in total. The van der Waals surface area contributed by atoms with Gasteiger partial charge in [0.25, 0.3) is 0 Å². The summed E-state index contributed by atoms with van der Waals surface area (Å²) >= 11 is 6.74. The molecule has 0 aliphatic heterocycles. The average Bonchev–Trinajstić information content (AvgIpc) is 3.42. The van der Waals surface area contributed by atoms with E-state index in [1.165, 1.54) is 11.1 Å². The number of hydrogen-bond acceptors (Lipinski definition) is 6. The van der Waals surface area contributed by atoms with Crippen LogP contribution in [0.25, 0.3) is 10.6 Å². The number of benzene rings is 2. The molecule has 0 bridgehead atoms. The molecule has 0 fully saturated rings. The van der Waals surface area contributed by atoms with Crippen LogP contribution in [0, 0.1) is 6.92 Å². The summed E-state index contributed by atoms with van der Waals surface area (Å²) < 4.78 is 9.15. The highest BCUT2D eigenvalue weighted by Crippen LogP contribution is 2.30. The first-order valence-electron chi connectivity index (χ1n) is 10.1. The number of aromatic nitrogens is 4. The Hall–Kier alpha value is -2.42. The zero-order valence-electron chi connectivity index (χ0n) is 17.9. The van der Waals surface area contributed by atoms with Crippen molar-refractivity contribution in [3.8, 4) is 16.3 Å². The molecule has 2 heterocycles. The largest absolute Gasteiger partial charge is 0.483 e. The molecule has 0 aliphatic rings. The Morgan fingerprint density at radius 1 is 1.19 bits per heavy atom.